The molecule has 15 heavy (non-hydrogen) atoms. The molecule has 0 aromatic rings. The van der Waals surface area contributed by atoms with Gasteiger partial charge < -0.3 is 4.74 Å². The van der Waals surface area contributed by atoms with Crippen molar-refractivity contribution in [3.8, 4) is 0 Å². The predicted molar refractivity (Wildman–Crippen MR) is 55.0 cm³/mol. The van der Waals surface area contributed by atoms with Gasteiger partial charge in [0.1, 0.15) is 5.60 Å². The number of hydrogen-bond donors (Lipinski definition) is 0. The molecule has 0 radical (unpaired) electrons. The lowest BCUT2D eigenvalue weighted by atomic mass is 9.68. The summed E-state index contributed by atoms with van der Waals surface area (Å²) in [6.45, 7) is 5.05. The van der Waals surface area contributed by atoms with Crippen molar-refractivity contribution in [2.75, 3.05) is 6.61 Å². The molecule has 3 heteroatoms. The largest absolute Gasteiger partial charge is 0.344 e. The molecule has 1 saturated carbocycles. The molecule has 2 bridgehead atoms. The highest BCUT2D eigenvalue weighted by Gasteiger charge is 2.55. The summed E-state index contributed by atoms with van der Waals surface area (Å²) in [5.41, 5.74) is -0.131. The van der Waals surface area contributed by atoms with Crippen molar-refractivity contribution in [2.24, 2.45) is 11.8 Å². The molecule has 3 saturated heterocycles. The lowest BCUT2D eigenvalue weighted by Crippen LogP contribution is -2.53. The Morgan fingerprint density at radius 3 is 2.73 bits per heavy atom. The maximum atomic E-state index is 5.85. The smallest absolute Gasteiger partial charge is 0.198 e. The fourth-order valence-electron chi connectivity index (χ4n) is 3.48. The average Bonchev–Trinajstić information content (AvgIpc) is 2.46. The van der Waals surface area contributed by atoms with E-state index in [9.17, 15) is 0 Å². The lowest BCUT2D eigenvalue weighted by molar-refractivity contribution is -0.508. The van der Waals surface area contributed by atoms with E-state index in [0.717, 1.165) is 25.4 Å². The molecular weight excluding hydrogens is 192 g/mol. The first kappa shape index (κ1) is 10.1. The SMILES string of the molecule is C[C@@H]1CCC[C@@]23CO[C@](C)(CC[C@@H]12)OO3. The summed E-state index contributed by atoms with van der Waals surface area (Å²) in [4.78, 5) is 11.2. The Kier molecular flexibility index (Phi) is 2.14. The quantitative estimate of drug-likeness (QED) is 0.578. The zero-order valence-electron chi connectivity index (χ0n) is 9.62. The van der Waals surface area contributed by atoms with Gasteiger partial charge >= 0.3 is 0 Å². The van der Waals surface area contributed by atoms with Crippen LogP contribution in [0.4, 0.5) is 0 Å². The minimum absolute atomic E-state index is 0.131. The summed E-state index contributed by atoms with van der Waals surface area (Å²) in [7, 11) is 0. The Hall–Kier alpha value is -0.120. The van der Waals surface area contributed by atoms with E-state index >= 15 is 0 Å². The molecule has 1 aliphatic carbocycles. The lowest BCUT2D eigenvalue weighted by Gasteiger charge is -2.46. The van der Waals surface area contributed by atoms with Crippen LogP contribution in [0.3, 0.4) is 0 Å². The number of hydrogen-bond acceptors (Lipinski definition) is 3. The van der Waals surface area contributed by atoms with Crippen LogP contribution in [0.5, 0.6) is 0 Å². The number of fused-ring (bicyclic) bond motifs is 3. The maximum Gasteiger partial charge on any atom is 0.198 e. The first-order valence-electron chi connectivity index (χ1n) is 6.14. The van der Waals surface area contributed by atoms with Crippen molar-refractivity contribution in [1.82, 2.24) is 0 Å². The first-order chi connectivity index (χ1) is 7.14. The van der Waals surface area contributed by atoms with Gasteiger partial charge in [-0.05, 0) is 31.6 Å². The van der Waals surface area contributed by atoms with E-state index in [4.69, 9.17) is 14.5 Å². The summed E-state index contributed by atoms with van der Waals surface area (Å²) in [6, 6.07) is 0. The van der Waals surface area contributed by atoms with Crippen LogP contribution in [0.15, 0.2) is 0 Å². The third-order valence-electron chi connectivity index (χ3n) is 4.54. The van der Waals surface area contributed by atoms with Gasteiger partial charge in [-0.15, -0.1) is 0 Å². The second kappa shape index (κ2) is 3.19. The highest BCUT2D eigenvalue weighted by atomic mass is 17.2. The molecule has 86 valence electrons. The minimum atomic E-state index is -0.484. The second-order valence-corrected chi connectivity index (χ2v) is 5.67. The molecule has 3 nitrogen and oxygen atoms in total. The fraction of sp³-hybridized carbons (Fsp3) is 1.00. The Labute approximate surface area is 91.0 Å². The van der Waals surface area contributed by atoms with Crippen LogP contribution in [-0.4, -0.2) is 18.0 Å². The molecule has 4 fully saturated rings. The molecule has 0 unspecified atom stereocenters. The van der Waals surface area contributed by atoms with Gasteiger partial charge in [0.15, 0.2) is 5.79 Å². The van der Waals surface area contributed by atoms with Gasteiger partial charge in [-0.25, -0.2) is 9.78 Å². The molecule has 0 aromatic heterocycles. The molecule has 4 atom stereocenters. The highest BCUT2D eigenvalue weighted by Crippen LogP contribution is 2.50. The van der Waals surface area contributed by atoms with E-state index in [1.807, 2.05) is 6.92 Å². The number of rotatable bonds is 0. The molecule has 1 spiro atoms. The summed E-state index contributed by atoms with van der Waals surface area (Å²) >= 11 is 0. The molecular formula is C12H20O3. The van der Waals surface area contributed by atoms with Crippen molar-refractivity contribution in [3.05, 3.63) is 0 Å². The van der Waals surface area contributed by atoms with Crippen molar-refractivity contribution in [2.45, 2.75) is 57.3 Å². The van der Waals surface area contributed by atoms with Crippen molar-refractivity contribution < 1.29 is 14.5 Å². The highest BCUT2D eigenvalue weighted by molar-refractivity contribution is 4.98. The van der Waals surface area contributed by atoms with Gasteiger partial charge in [0.2, 0.25) is 0 Å². The minimum Gasteiger partial charge on any atom is -0.344 e. The molecule has 0 amide bonds. The van der Waals surface area contributed by atoms with Crippen LogP contribution in [-0.2, 0) is 14.5 Å². The van der Waals surface area contributed by atoms with Crippen LogP contribution in [0.1, 0.15) is 46.0 Å². The van der Waals surface area contributed by atoms with Crippen molar-refractivity contribution in [1.29, 1.82) is 0 Å². The molecule has 3 aliphatic heterocycles. The fourth-order valence-corrected chi connectivity index (χ4v) is 3.48. The van der Waals surface area contributed by atoms with Gasteiger partial charge in [-0.2, -0.15) is 0 Å². The van der Waals surface area contributed by atoms with E-state index in [1.165, 1.54) is 19.3 Å². The monoisotopic (exact) mass is 212 g/mol. The standard InChI is InChI=1S/C12H20O3/c1-9-4-3-6-12-8-13-11(2,14-15-12)7-5-10(9)12/h9-10H,3-8H2,1-2H3/t9-,10+,11+,12-/m1/s1. The van der Waals surface area contributed by atoms with Crippen LogP contribution < -0.4 is 0 Å². The van der Waals surface area contributed by atoms with E-state index in [2.05, 4.69) is 6.92 Å². The Morgan fingerprint density at radius 2 is 2.00 bits per heavy atom. The zero-order valence-corrected chi connectivity index (χ0v) is 9.62. The first-order valence-corrected chi connectivity index (χ1v) is 6.14. The van der Waals surface area contributed by atoms with Crippen LogP contribution in [0.2, 0.25) is 0 Å². The van der Waals surface area contributed by atoms with Gasteiger partial charge in [-0.3, -0.25) is 0 Å². The number of ether oxygens (including phenoxy) is 1. The van der Waals surface area contributed by atoms with E-state index < -0.39 is 5.79 Å². The van der Waals surface area contributed by atoms with E-state index in [-0.39, 0.29) is 5.60 Å². The van der Waals surface area contributed by atoms with Gasteiger partial charge in [0, 0.05) is 6.42 Å². The second-order valence-electron chi connectivity index (χ2n) is 5.67. The summed E-state index contributed by atoms with van der Waals surface area (Å²) in [5.74, 6) is 0.879. The van der Waals surface area contributed by atoms with E-state index in [1.54, 1.807) is 0 Å². The van der Waals surface area contributed by atoms with Crippen molar-refractivity contribution >= 4 is 0 Å². The molecule has 0 aromatic carbocycles. The Balaban J connectivity index is 1.92. The van der Waals surface area contributed by atoms with Gasteiger partial charge in [-0.1, -0.05) is 19.8 Å². The molecule has 0 N–H and O–H groups in total. The summed E-state index contributed by atoms with van der Waals surface area (Å²) < 4.78 is 5.85. The normalized spacial score (nSPS) is 54.8. The molecule has 4 rings (SSSR count). The Morgan fingerprint density at radius 1 is 1.13 bits per heavy atom. The van der Waals surface area contributed by atoms with Gasteiger partial charge in [0.05, 0.1) is 6.61 Å². The summed E-state index contributed by atoms with van der Waals surface area (Å²) in [6.07, 6.45) is 5.80. The van der Waals surface area contributed by atoms with Crippen molar-refractivity contribution in [3.63, 3.8) is 0 Å². The maximum absolute atomic E-state index is 5.85. The van der Waals surface area contributed by atoms with Crippen LogP contribution in [0, 0.1) is 11.8 Å². The molecule has 3 heterocycles. The Bertz CT molecular complexity index is 256. The van der Waals surface area contributed by atoms with Gasteiger partial charge in [0.25, 0.3) is 0 Å². The average molecular weight is 212 g/mol. The van der Waals surface area contributed by atoms with Crippen LogP contribution in [0.25, 0.3) is 0 Å². The van der Waals surface area contributed by atoms with E-state index in [0.29, 0.717) is 5.92 Å². The van der Waals surface area contributed by atoms with Crippen LogP contribution >= 0.6 is 0 Å². The third-order valence-corrected chi connectivity index (χ3v) is 4.54. The predicted octanol–water partition coefficient (Wildman–Crippen LogP) is 2.65. The topological polar surface area (TPSA) is 27.7 Å². The third kappa shape index (κ3) is 1.44. The zero-order chi connectivity index (χ0) is 10.5. The summed E-state index contributed by atoms with van der Waals surface area (Å²) in [5, 5.41) is 0. The molecule has 4 aliphatic rings.